The topological polar surface area (TPSA) is 44.8 Å². The number of benzene rings is 3. The summed E-state index contributed by atoms with van der Waals surface area (Å²) in [6.45, 7) is 2.96. The van der Waals surface area contributed by atoms with E-state index in [1.165, 1.54) is 0 Å². The van der Waals surface area contributed by atoms with Crippen molar-refractivity contribution in [3.05, 3.63) is 119 Å². The molecule has 0 unspecified atom stereocenters. The molecule has 0 saturated heterocycles. The largest absolute Gasteiger partial charge is 0.367 e. The first-order valence-electron chi connectivity index (χ1n) is 10.9. The van der Waals surface area contributed by atoms with Gasteiger partial charge in [0, 0.05) is 0 Å². The second-order valence-electron chi connectivity index (χ2n) is 7.95. The normalized spacial score (nSPS) is 20.7. The predicted octanol–water partition coefficient (Wildman–Crippen LogP) is 5.27. The van der Waals surface area contributed by atoms with Gasteiger partial charge < -0.3 is 14.2 Å². The Labute approximate surface area is 189 Å². The molecule has 164 valence electrons. The monoisotopic (exact) mass is 428 g/mol. The molecule has 0 aromatic heterocycles. The lowest BCUT2D eigenvalue weighted by Crippen LogP contribution is -2.49. The van der Waals surface area contributed by atoms with Crippen molar-refractivity contribution in [3.63, 3.8) is 0 Å². The summed E-state index contributed by atoms with van der Waals surface area (Å²) in [6, 6.07) is 29.8. The summed E-state index contributed by atoms with van der Waals surface area (Å²) in [4.78, 5) is 13.1. The summed E-state index contributed by atoms with van der Waals surface area (Å²) >= 11 is 0. The van der Waals surface area contributed by atoms with Crippen molar-refractivity contribution < 1.29 is 19.0 Å². The number of carbonyl (C=O) groups is 1. The first-order valence-corrected chi connectivity index (χ1v) is 10.9. The van der Waals surface area contributed by atoms with Crippen LogP contribution in [0.2, 0.25) is 0 Å². The second-order valence-corrected chi connectivity index (χ2v) is 7.95. The van der Waals surface area contributed by atoms with Gasteiger partial charge in [-0.3, -0.25) is 4.79 Å². The van der Waals surface area contributed by atoms with E-state index in [1.54, 1.807) is 0 Å². The maximum atomic E-state index is 13.1. The van der Waals surface area contributed by atoms with Gasteiger partial charge >= 0.3 is 0 Å². The molecule has 0 heterocycles. The number of Topliss-reactive ketones (excluding diaryl/α,β-unsaturated/α-hetero) is 1. The van der Waals surface area contributed by atoms with Crippen LogP contribution in [0.4, 0.5) is 0 Å². The van der Waals surface area contributed by atoms with Gasteiger partial charge in [0.05, 0.1) is 19.8 Å². The van der Waals surface area contributed by atoms with Crippen molar-refractivity contribution >= 4 is 5.78 Å². The molecule has 0 amide bonds. The van der Waals surface area contributed by atoms with E-state index in [1.807, 2.05) is 104 Å². The Morgan fingerprint density at radius 1 is 0.625 bits per heavy atom. The number of hydrogen-bond donors (Lipinski definition) is 0. The van der Waals surface area contributed by atoms with Crippen molar-refractivity contribution in [2.45, 2.75) is 45.1 Å². The molecular formula is C28H28O4. The fraction of sp³-hybridized carbons (Fsp3) is 0.250. The van der Waals surface area contributed by atoms with Gasteiger partial charge in [0.2, 0.25) is 0 Å². The minimum atomic E-state index is -0.732. The summed E-state index contributed by atoms with van der Waals surface area (Å²) in [5.41, 5.74) is 3.76. The number of rotatable bonds is 9. The Hall–Kier alpha value is -3.05. The first kappa shape index (κ1) is 22.2. The number of ether oxygens (including phenoxy) is 3. The standard InChI is InChI=1S/C28H28O4/c1-21-17-25(30-18-22-11-5-2-6-12-22)27(31-19-23-13-7-3-8-14-23)28(26(21)29)32-20-24-15-9-4-10-16-24/h2-17,25,27-28H,18-20H2,1H3/t25-,27+,28-/m0/s1. The van der Waals surface area contributed by atoms with Gasteiger partial charge in [-0.25, -0.2) is 0 Å². The zero-order valence-electron chi connectivity index (χ0n) is 18.2. The fourth-order valence-electron chi connectivity index (χ4n) is 3.76. The molecule has 3 aromatic rings. The van der Waals surface area contributed by atoms with E-state index in [-0.39, 0.29) is 5.78 Å². The van der Waals surface area contributed by atoms with E-state index in [4.69, 9.17) is 14.2 Å². The van der Waals surface area contributed by atoms with Gasteiger partial charge in [-0.05, 0) is 35.3 Å². The van der Waals surface area contributed by atoms with Crippen LogP contribution in [0, 0.1) is 0 Å². The molecule has 3 atom stereocenters. The molecule has 0 radical (unpaired) electrons. The van der Waals surface area contributed by atoms with E-state index in [9.17, 15) is 4.79 Å². The summed E-state index contributed by atoms with van der Waals surface area (Å²) in [5, 5.41) is 0. The highest BCUT2D eigenvalue weighted by molar-refractivity contribution is 6.00. The van der Waals surface area contributed by atoms with Crippen molar-refractivity contribution in [1.82, 2.24) is 0 Å². The quantitative estimate of drug-likeness (QED) is 0.466. The van der Waals surface area contributed by atoms with E-state index in [0.29, 0.717) is 25.4 Å². The maximum absolute atomic E-state index is 13.1. The van der Waals surface area contributed by atoms with E-state index >= 15 is 0 Å². The zero-order valence-corrected chi connectivity index (χ0v) is 18.2. The summed E-state index contributed by atoms with van der Waals surface area (Å²) in [5.74, 6) is -0.0569. The molecule has 3 aromatic carbocycles. The molecule has 4 rings (SSSR count). The molecule has 4 nitrogen and oxygen atoms in total. The van der Waals surface area contributed by atoms with Gasteiger partial charge in [-0.15, -0.1) is 0 Å². The van der Waals surface area contributed by atoms with Crippen LogP contribution in [0.25, 0.3) is 0 Å². The average Bonchev–Trinajstić information content (AvgIpc) is 2.85. The highest BCUT2D eigenvalue weighted by Crippen LogP contribution is 2.26. The lowest BCUT2D eigenvalue weighted by molar-refractivity contribution is -0.161. The van der Waals surface area contributed by atoms with Crippen LogP contribution in [0.3, 0.4) is 0 Å². The first-order chi connectivity index (χ1) is 15.7. The third-order valence-corrected chi connectivity index (χ3v) is 5.53. The molecule has 0 N–H and O–H groups in total. The van der Waals surface area contributed by atoms with Crippen molar-refractivity contribution in [2.24, 2.45) is 0 Å². The molecular weight excluding hydrogens is 400 g/mol. The highest BCUT2D eigenvalue weighted by Gasteiger charge is 2.40. The van der Waals surface area contributed by atoms with Gasteiger partial charge in [0.15, 0.2) is 5.78 Å². The van der Waals surface area contributed by atoms with Crippen LogP contribution in [0.1, 0.15) is 23.6 Å². The molecule has 1 aliphatic rings. The minimum Gasteiger partial charge on any atom is -0.367 e. The van der Waals surface area contributed by atoms with Crippen molar-refractivity contribution in [1.29, 1.82) is 0 Å². The molecule has 0 fully saturated rings. The van der Waals surface area contributed by atoms with E-state index < -0.39 is 18.3 Å². The predicted molar refractivity (Wildman–Crippen MR) is 124 cm³/mol. The molecule has 0 bridgehead atoms. The lowest BCUT2D eigenvalue weighted by Gasteiger charge is -2.35. The number of carbonyl (C=O) groups excluding carboxylic acids is 1. The molecule has 1 aliphatic carbocycles. The van der Waals surface area contributed by atoms with Crippen LogP contribution >= 0.6 is 0 Å². The Morgan fingerprint density at radius 2 is 1.06 bits per heavy atom. The molecule has 0 spiro atoms. The molecule has 0 aliphatic heterocycles. The fourth-order valence-corrected chi connectivity index (χ4v) is 3.76. The van der Waals surface area contributed by atoms with E-state index in [0.717, 1.165) is 16.7 Å². The van der Waals surface area contributed by atoms with Crippen LogP contribution in [0.15, 0.2) is 103 Å². The molecule has 0 saturated carbocycles. The van der Waals surface area contributed by atoms with Crippen LogP contribution in [-0.2, 0) is 38.8 Å². The Kier molecular flexibility index (Phi) is 7.62. The van der Waals surface area contributed by atoms with Gasteiger partial charge in [-0.1, -0.05) is 91.0 Å². The Balaban J connectivity index is 1.53. The Morgan fingerprint density at radius 3 is 1.56 bits per heavy atom. The Bertz CT molecular complexity index is 1020. The zero-order chi connectivity index (χ0) is 22.2. The number of ketones is 1. The third kappa shape index (κ3) is 5.80. The average molecular weight is 429 g/mol. The van der Waals surface area contributed by atoms with Crippen LogP contribution in [0.5, 0.6) is 0 Å². The molecule has 4 heteroatoms. The number of hydrogen-bond acceptors (Lipinski definition) is 4. The summed E-state index contributed by atoms with van der Waals surface area (Å²) in [6.07, 6.45) is 0.199. The van der Waals surface area contributed by atoms with Gasteiger partial charge in [0.1, 0.15) is 18.3 Å². The lowest BCUT2D eigenvalue weighted by atomic mass is 9.91. The summed E-state index contributed by atoms with van der Waals surface area (Å²) < 4.78 is 18.7. The van der Waals surface area contributed by atoms with Gasteiger partial charge in [-0.2, -0.15) is 0 Å². The van der Waals surface area contributed by atoms with Crippen LogP contribution < -0.4 is 0 Å². The second kappa shape index (κ2) is 11.0. The maximum Gasteiger partial charge on any atom is 0.189 e. The van der Waals surface area contributed by atoms with Crippen molar-refractivity contribution in [2.75, 3.05) is 0 Å². The molecule has 32 heavy (non-hydrogen) atoms. The summed E-state index contributed by atoms with van der Waals surface area (Å²) in [7, 11) is 0. The highest BCUT2D eigenvalue weighted by atomic mass is 16.6. The SMILES string of the molecule is CC1=C[C@H](OCc2ccccc2)[C@@H](OCc2ccccc2)[C@@H](OCc2ccccc2)C1=O. The van der Waals surface area contributed by atoms with Gasteiger partial charge in [0.25, 0.3) is 0 Å². The minimum absolute atomic E-state index is 0.0569. The smallest absolute Gasteiger partial charge is 0.189 e. The van der Waals surface area contributed by atoms with E-state index in [2.05, 4.69) is 0 Å². The third-order valence-electron chi connectivity index (χ3n) is 5.53. The van der Waals surface area contributed by atoms with Crippen LogP contribution in [-0.4, -0.2) is 24.1 Å². The van der Waals surface area contributed by atoms with Crippen molar-refractivity contribution in [3.8, 4) is 0 Å².